The summed E-state index contributed by atoms with van der Waals surface area (Å²) in [5.74, 6) is -1.93. The number of ether oxygens (including phenoxy) is 1. The highest BCUT2D eigenvalue weighted by molar-refractivity contribution is 6.01. The minimum absolute atomic E-state index is 0.136. The lowest BCUT2D eigenvalue weighted by molar-refractivity contribution is -0.119. The molecule has 0 aliphatic heterocycles. The quantitative estimate of drug-likeness (QED) is 0.643. The lowest BCUT2D eigenvalue weighted by Gasteiger charge is -2.07. The fourth-order valence-corrected chi connectivity index (χ4v) is 2.55. The molecule has 1 aromatic carbocycles. The number of ketones is 1. The Morgan fingerprint density at radius 2 is 1.88 bits per heavy atom. The molecular formula is C18H19FN2O4. The maximum Gasteiger partial charge on any atom is 0.355 e. The van der Waals surface area contributed by atoms with Crippen molar-refractivity contribution in [3.63, 3.8) is 0 Å². The molecule has 2 rings (SSSR count). The number of nitrogens with one attached hydrogen (secondary N) is 2. The Morgan fingerprint density at radius 1 is 1.20 bits per heavy atom. The predicted molar refractivity (Wildman–Crippen MR) is 90.3 cm³/mol. The number of amides is 1. The van der Waals surface area contributed by atoms with E-state index < -0.39 is 24.3 Å². The molecule has 0 saturated heterocycles. The molecule has 2 aromatic rings. The predicted octanol–water partition coefficient (Wildman–Crippen LogP) is 3.08. The molecule has 0 unspecified atom stereocenters. The molecule has 0 bridgehead atoms. The van der Waals surface area contributed by atoms with E-state index in [1.165, 1.54) is 19.1 Å². The largest absolute Gasteiger partial charge is 0.451 e. The molecule has 25 heavy (non-hydrogen) atoms. The third-order valence-electron chi connectivity index (χ3n) is 3.78. The summed E-state index contributed by atoms with van der Waals surface area (Å²) in [6.45, 7) is 5.80. The molecule has 2 N–H and O–H groups in total. The first-order valence-corrected chi connectivity index (χ1v) is 7.64. The smallest absolute Gasteiger partial charge is 0.355 e. The fraction of sp³-hybridized carbons (Fsp3) is 0.278. The summed E-state index contributed by atoms with van der Waals surface area (Å²) in [6.07, 6.45) is 0. The average Bonchev–Trinajstić information content (AvgIpc) is 2.83. The van der Waals surface area contributed by atoms with Crippen molar-refractivity contribution in [1.82, 2.24) is 4.98 Å². The highest BCUT2D eigenvalue weighted by Gasteiger charge is 2.21. The molecule has 6 nitrogen and oxygen atoms in total. The number of halogens is 1. The number of H-pyrrole nitrogens is 1. The Balaban J connectivity index is 2.00. The summed E-state index contributed by atoms with van der Waals surface area (Å²) in [5.41, 5.74) is 2.36. The van der Waals surface area contributed by atoms with Crippen LogP contribution in [-0.2, 0) is 9.53 Å². The van der Waals surface area contributed by atoms with Gasteiger partial charge in [-0.05, 0) is 51.0 Å². The van der Waals surface area contributed by atoms with Crippen molar-refractivity contribution in [2.45, 2.75) is 27.7 Å². The molecule has 1 amide bonds. The summed E-state index contributed by atoms with van der Waals surface area (Å²) in [7, 11) is 0. The number of hydrogen-bond acceptors (Lipinski definition) is 4. The van der Waals surface area contributed by atoms with Gasteiger partial charge in [0.05, 0.1) is 0 Å². The van der Waals surface area contributed by atoms with Crippen molar-refractivity contribution in [3.05, 3.63) is 52.1 Å². The zero-order valence-corrected chi connectivity index (χ0v) is 14.5. The lowest BCUT2D eigenvalue weighted by atomic mass is 10.1. The van der Waals surface area contributed by atoms with Crippen LogP contribution in [0.5, 0.6) is 0 Å². The Kier molecular flexibility index (Phi) is 5.36. The van der Waals surface area contributed by atoms with Gasteiger partial charge in [-0.25, -0.2) is 9.18 Å². The number of anilines is 1. The monoisotopic (exact) mass is 346 g/mol. The van der Waals surface area contributed by atoms with Crippen LogP contribution in [0.3, 0.4) is 0 Å². The fourth-order valence-electron chi connectivity index (χ4n) is 2.55. The number of carbonyl (C=O) groups excluding carboxylic acids is 3. The van der Waals surface area contributed by atoms with Crippen LogP contribution in [0.25, 0.3) is 0 Å². The molecule has 132 valence electrons. The van der Waals surface area contributed by atoms with Crippen molar-refractivity contribution in [1.29, 1.82) is 0 Å². The van der Waals surface area contributed by atoms with E-state index in [1.807, 2.05) is 0 Å². The van der Waals surface area contributed by atoms with Crippen molar-refractivity contribution in [3.8, 4) is 0 Å². The Labute approximate surface area is 144 Å². The van der Waals surface area contributed by atoms with Gasteiger partial charge in [0.2, 0.25) is 0 Å². The third kappa shape index (κ3) is 4.12. The number of aromatic nitrogens is 1. The van der Waals surface area contributed by atoms with Crippen molar-refractivity contribution in [2.24, 2.45) is 0 Å². The molecule has 0 aliphatic rings. The van der Waals surface area contributed by atoms with Crippen molar-refractivity contribution < 1.29 is 23.5 Å². The first-order chi connectivity index (χ1) is 11.7. The number of carbonyl (C=O) groups is 3. The maximum atomic E-state index is 13.4. The number of benzene rings is 1. The van der Waals surface area contributed by atoms with E-state index in [0.29, 0.717) is 22.4 Å². The molecule has 0 saturated carbocycles. The first-order valence-electron chi connectivity index (χ1n) is 7.64. The van der Waals surface area contributed by atoms with Gasteiger partial charge in [-0.3, -0.25) is 9.59 Å². The van der Waals surface area contributed by atoms with Crippen molar-refractivity contribution in [2.75, 3.05) is 11.9 Å². The number of rotatable bonds is 5. The SMILES string of the molecule is CC(=O)c1c(C)[nH]c(C(=O)OCC(=O)Nc2ccc(C)c(F)c2)c1C. The number of hydrogen-bond donors (Lipinski definition) is 2. The van der Waals surface area contributed by atoms with Gasteiger partial charge in [0.1, 0.15) is 11.5 Å². The molecule has 0 radical (unpaired) electrons. The number of aromatic amines is 1. The van der Waals surface area contributed by atoms with E-state index in [0.717, 1.165) is 0 Å². The van der Waals surface area contributed by atoms with E-state index >= 15 is 0 Å². The van der Waals surface area contributed by atoms with E-state index in [9.17, 15) is 18.8 Å². The highest BCUT2D eigenvalue weighted by Crippen LogP contribution is 2.19. The van der Waals surface area contributed by atoms with E-state index in [2.05, 4.69) is 10.3 Å². The van der Waals surface area contributed by atoms with Crippen LogP contribution in [0.2, 0.25) is 0 Å². The van der Waals surface area contributed by atoms with Gasteiger partial charge in [-0.15, -0.1) is 0 Å². The Bertz CT molecular complexity index is 855. The molecule has 7 heteroatoms. The zero-order valence-electron chi connectivity index (χ0n) is 14.5. The van der Waals surface area contributed by atoms with Gasteiger partial charge in [-0.1, -0.05) is 6.07 Å². The number of Topliss-reactive ketones (excluding diaryl/α,β-unsaturated/α-hetero) is 1. The lowest BCUT2D eigenvalue weighted by Crippen LogP contribution is -2.21. The molecule has 1 heterocycles. The minimum atomic E-state index is -0.738. The molecular weight excluding hydrogens is 327 g/mol. The highest BCUT2D eigenvalue weighted by atomic mass is 19.1. The molecule has 1 aromatic heterocycles. The molecule has 0 atom stereocenters. The standard InChI is InChI=1S/C18H19FN2O4/c1-9-5-6-13(7-14(9)19)21-15(23)8-25-18(24)17-10(2)16(12(4)22)11(3)20-17/h5-7,20H,8H2,1-4H3,(H,21,23). The van der Waals surface area contributed by atoms with Crippen LogP contribution in [-0.4, -0.2) is 29.3 Å². The summed E-state index contributed by atoms with van der Waals surface area (Å²) >= 11 is 0. The summed E-state index contributed by atoms with van der Waals surface area (Å²) in [6, 6.07) is 4.27. The molecule has 0 fully saturated rings. The summed E-state index contributed by atoms with van der Waals surface area (Å²) in [4.78, 5) is 38.3. The Morgan fingerprint density at radius 3 is 2.44 bits per heavy atom. The van der Waals surface area contributed by atoms with Gasteiger partial charge in [0, 0.05) is 16.9 Å². The van der Waals surface area contributed by atoms with Gasteiger partial charge in [0.25, 0.3) is 5.91 Å². The van der Waals surface area contributed by atoms with E-state index in [-0.39, 0.29) is 17.2 Å². The van der Waals surface area contributed by atoms with Gasteiger partial charge in [-0.2, -0.15) is 0 Å². The second-order valence-electron chi connectivity index (χ2n) is 5.77. The first kappa shape index (κ1) is 18.4. The second kappa shape index (κ2) is 7.29. The van der Waals surface area contributed by atoms with Crippen LogP contribution in [0.4, 0.5) is 10.1 Å². The van der Waals surface area contributed by atoms with Gasteiger partial charge >= 0.3 is 5.97 Å². The van der Waals surface area contributed by atoms with Crippen molar-refractivity contribution >= 4 is 23.3 Å². The normalized spacial score (nSPS) is 10.4. The number of esters is 1. The topological polar surface area (TPSA) is 88.3 Å². The van der Waals surface area contributed by atoms with Gasteiger partial charge in [0.15, 0.2) is 12.4 Å². The zero-order chi connectivity index (χ0) is 18.7. The summed E-state index contributed by atoms with van der Waals surface area (Å²) in [5, 5.41) is 2.45. The molecule has 0 spiro atoms. The van der Waals surface area contributed by atoms with Crippen LogP contribution in [0, 0.1) is 26.6 Å². The van der Waals surface area contributed by atoms with Gasteiger partial charge < -0.3 is 15.0 Å². The molecule has 0 aliphatic carbocycles. The van der Waals surface area contributed by atoms with Crippen LogP contribution in [0.15, 0.2) is 18.2 Å². The van der Waals surface area contributed by atoms with Crippen LogP contribution >= 0.6 is 0 Å². The van der Waals surface area contributed by atoms with E-state index in [4.69, 9.17) is 4.74 Å². The maximum absolute atomic E-state index is 13.4. The third-order valence-corrected chi connectivity index (χ3v) is 3.78. The average molecular weight is 346 g/mol. The Hall–Kier alpha value is -2.96. The summed E-state index contributed by atoms with van der Waals surface area (Å²) < 4.78 is 18.4. The number of aryl methyl sites for hydroxylation is 2. The second-order valence-corrected chi connectivity index (χ2v) is 5.77. The minimum Gasteiger partial charge on any atom is -0.451 e. The van der Waals surface area contributed by atoms with Crippen LogP contribution in [0.1, 0.15) is 44.6 Å². The van der Waals surface area contributed by atoms with E-state index in [1.54, 1.807) is 26.8 Å². The van der Waals surface area contributed by atoms with Crippen LogP contribution < -0.4 is 5.32 Å².